The van der Waals surface area contributed by atoms with Crippen LogP contribution in [0.1, 0.15) is 34.6 Å². The number of rotatable bonds is 6. The van der Waals surface area contributed by atoms with Crippen LogP contribution >= 0.6 is 11.6 Å². The summed E-state index contributed by atoms with van der Waals surface area (Å²) in [6.07, 6.45) is 1.59. The topological polar surface area (TPSA) is 54.0 Å². The van der Waals surface area contributed by atoms with Crippen LogP contribution in [0.2, 0.25) is 5.02 Å². The number of anilines is 1. The van der Waals surface area contributed by atoms with Gasteiger partial charge in [-0.1, -0.05) is 54.1 Å². The summed E-state index contributed by atoms with van der Waals surface area (Å²) in [4.78, 5) is 16.3. The Balaban J connectivity index is 1.67. The van der Waals surface area contributed by atoms with Crippen LogP contribution in [-0.4, -0.2) is 10.9 Å². The van der Waals surface area contributed by atoms with Crippen LogP contribution < -0.4 is 10.6 Å². The molecule has 1 aromatic heterocycles. The minimum atomic E-state index is -0.282. The summed E-state index contributed by atoms with van der Waals surface area (Å²) in [6.45, 7) is 2.79. The molecule has 132 valence electrons. The minimum absolute atomic E-state index is 0.221. The van der Waals surface area contributed by atoms with Gasteiger partial charge in [0.05, 0.1) is 10.7 Å². The molecular formula is C21H20ClN3O. The maximum Gasteiger partial charge on any atom is 0.274 e. The van der Waals surface area contributed by atoms with Crippen molar-refractivity contribution in [1.29, 1.82) is 0 Å². The first kappa shape index (κ1) is 18.1. The second-order valence-corrected chi connectivity index (χ2v) is 6.40. The van der Waals surface area contributed by atoms with Gasteiger partial charge in [-0.25, -0.2) is 0 Å². The molecule has 5 heteroatoms. The number of nitrogens with one attached hydrogen (secondary N) is 2. The van der Waals surface area contributed by atoms with E-state index in [1.807, 2.05) is 30.3 Å². The fourth-order valence-electron chi connectivity index (χ4n) is 2.59. The molecule has 0 bridgehead atoms. The predicted octanol–water partition coefficient (Wildman–Crippen LogP) is 4.84. The molecule has 2 N–H and O–H groups in total. The van der Waals surface area contributed by atoms with Gasteiger partial charge in [0.15, 0.2) is 0 Å². The average Bonchev–Trinajstić information content (AvgIpc) is 2.69. The molecule has 3 aromatic rings. The van der Waals surface area contributed by atoms with Crippen LogP contribution in [-0.2, 0) is 6.54 Å². The molecule has 1 unspecified atom stereocenters. The molecule has 2 aromatic carbocycles. The lowest BCUT2D eigenvalue weighted by Gasteiger charge is -2.15. The van der Waals surface area contributed by atoms with Gasteiger partial charge in [0.2, 0.25) is 0 Å². The van der Waals surface area contributed by atoms with Gasteiger partial charge in [-0.2, -0.15) is 0 Å². The maximum atomic E-state index is 12.3. The highest BCUT2D eigenvalue weighted by molar-refractivity contribution is 6.33. The number of nitrogens with zero attached hydrogens (tertiary/aromatic N) is 1. The molecule has 0 aliphatic heterocycles. The Hall–Kier alpha value is -2.69. The molecule has 0 saturated heterocycles. The molecule has 0 fully saturated rings. The molecular weight excluding hydrogens is 346 g/mol. The fourth-order valence-corrected chi connectivity index (χ4v) is 2.76. The van der Waals surface area contributed by atoms with Crippen molar-refractivity contribution < 1.29 is 4.79 Å². The summed E-state index contributed by atoms with van der Waals surface area (Å²) >= 11 is 6.23. The fraction of sp³-hybridized carbons (Fsp3) is 0.143. The molecule has 0 radical (unpaired) electrons. The zero-order valence-corrected chi connectivity index (χ0v) is 15.2. The third kappa shape index (κ3) is 4.69. The van der Waals surface area contributed by atoms with Crippen LogP contribution in [0.15, 0.2) is 72.9 Å². The van der Waals surface area contributed by atoms with Gasteiger partial charge in [0.25, 0.3) is 5.91 Å². The third-order valence-corrected chi connectivity index (χ3v) is 4.42. The highest BCUT2D eigenvalue weighted by Crippen LogP contribution is 2.24. The largest absolute Gasteiger partial charge is 0.319 e. The second-order valence-electron chi connectivity index (χ2n) is 6.00. The Labute approximate surface area is 158 Å². The van der Waals surface area contributed by atoms with E-state index in [0.717, 1.165) is 5.56 Å². The molecule has 0 spiro atoms. The van der Waals surface area contributed by atoms with Gasteiger partial charge in [0.1, 0.15) is 5.69 Å². The molecule has 1 amide bonds. The first-order valence-electron chi connectivity index (χ1n) is 8.42. The second kappa shape index (κ2) is 8.61. The Morgan fingerprint density at radius 2 is 1.85 bits per heavy atom. The van der Waals surface area contributed by atoms with Gasteiger partial charge in [-0.3, -0.25) is 9.78 Å². The van der Waals surface area contributed by atoms with Crippen molar-refractivity contribution in [2.45, 2.75) is 19.5 Å². The molecule has 26 heavy (non-hydrogen) atoms. The van der Waals surface area contributed by atoms with E-state index in [1.165, 1.54) is 5.56 Å². The molecule has 4 nitrogen and oxygen atoms in total. The number of carbonyl (C=O) groups is 1. The smallest absolute Gasteiger partial charge is 0.274 e. The van der Waals surface area contributed by atoms with E-state index >= 15 is 0 Å². The molecule has 3 rings (SSSR count). The number of aromatic nitrogens is 1. The van der Waals surface area contributed by atoms with Crippen molar-refractivity contribution in [2.24, 2.45) is 0 Å². The van der Waals surface area contributed by atoms with Crippen LogP contribution in [0.3, 0.4) is 0 Å². The maximum absolute atomic E-state index is 12.3. The third-order valence-electron chi connectivity index (χ3n) is 4.09. The van der Waals surface area contributed by atoms with Crippen molar-refractivity contribution in [2.75, 3.05) is 5.32 Å². The van der Waals surface area contributed by atoms with E-state index in [0.29, 0.717) is 22.9 Å². The van der Waals surface area contributed by atoms with E-state index in [2.05, 4.69) is 34.7 Å². The van der Waals surface area contributed by atoms with Crippen molar-refractivity contribution in [1.82, 2.24) is 10.3 Å². The van der Waals surface area contributed by atoms with Gasteiger partial charge in [0, 0.05) is 18.8 Å². The zero-order valence-electron chi connectivity index (χ0n) is 14.4. The minimum Gasteiger partial charge on any atom is -0.319 e. The Morgan fingerprint density at radius 3 is 2.58 bits per heavy atom. The van der Waals surface area contributed by atoms with E-state index < -0.39 is 0 Å². The Morgan fingerprint density at radius 1 is 1.08 bits per heavy atom. The van der Waals surface area contributed by atoms with Crippen molar-refractivity contribution >= 4 is 23.2 Å². The summed E-state index contributed by atoms with van der Waals surface area (Å²) in [5.41, 5.74) is 3.19. The number of benzene rings is 2. The van der Waals surface area contributed by atoms with Crippen LogP contribution in [0.4, 0.5) is 5.69 Å². The average molecular weight is 366 g/mol. The van der Waals surface area contributed by atoms with E-state index in [1.54, 1.807) is 30.5 Å². The lowest BCUT2D eigenvalue weighted by Crippen LogP contribution is -2.18. The zero-order chi connectivity index (χ0) is 18.4. The number of hydrogen-bond acceptors (Lipinski definition) is 3. The Kier molecular flexibility index (Phi) is 6.00. The lowest BCUT2D eigenvalue weighted by molar-refractivity contribution is 0.102. The molecule has 0 aliphatic carbocycles. The first-order valence-corrected chi connectivity index (χ1v) is 8.80. The molecule has 1 atom stereocenters. The summed E-state index contributed by atoms with van der Waals surface area (Å²) in [7, 11) is 0. The van der Waals surface area contributed by atoms with Crippen molar-refractivity contribution in [3.63, 3.8) is 0 Å². The molecule has 0 aliphatic rings. The summed E-state index contributed by atoms with van der Waals surface area (Å²) in [6, 6.07) is 21.3. The summed E-state index contributed by atoms with van der Waals surface area (Å²) in [5.74, 6) is -0.282. The van der Waals surface area contributed by atoms with Crippen LogP contribution in [0.25, 0.3) is 0 Å². The van der Waals surface area contributed by atoms with Gasteiger partial charge >= 0.3 is 0 Å². The van der Waals surface area contributed by atoms with Gasteiger partial charge in [-0.15, -0.1) is 0 Å². The van der Waals surface area contributed by atoms with Crippen LogP contribution in [0.5, 0.6) is 0 Å². The number of pyridine rings is 1. The number of amides is 1. The quantitative estimate of drug-likeness (QED) is 0.657. The van der Waals surface area contributed by atoms with E-state index in [-0.39, 0.29) is 11.9 Å². The first-order chi connectivity index (χ1) is 12.6. The van der Waals surface area contributed by atoms with E-state index in [9.17, 15) is 4.79 Å². The van der Waals surface area contributed by atoms with Crippen LogP contribution in [0, 0.1) is 0 Å². The lowest BCUT2D eigenvalue weighted by atomic mass is 10.1. The monoisotopic (exact) mass is 365 g/mol. The van der Waals surface area contributed by atoms with Gasteiger partial charge < -0.3 is 10.6 Å². The highest BCUT2D eigenvalue weighted by atomic mass is 35.5. The SMILES string of the molecule is CC(NCc1ccc(Cl)c(NC(=O)c2ccccn2)c1)c1ccccc1. The number of halogens is 1. The highest BCUT2D eigenvalue weighted by Gasteiger charge is 2.11. The predicted molar refractivity (Wildman–Crippen MR) is 105 cm³/mol. The van der Waals surface area contributed by atoms with E-state index in [4.69, 9.17) is 11.6 Å². The summed E-state index contributed by atoms with van der Waals surface area (Å²) < 4.78 is 0. The van der Waals surface area contributed by atoms with Crippen molar-refractivity contribution in [3.8, 4) is 0 Å². The normalized spacial score (nSPS) is 11.8. The number of hydrogen-bond donors (Lipinski definition) is 2. The molecule has 0 saturated carbocycles. The Bertz CT molecular complexity index is 869. The van der Waals surface area contributed by atoms with Gasteiger partial charge in [-0.05, 0) is 42.3 Å². The standard InChI is InChI=1S/C21H20ClN3O/c1-15(17-7-3-2-4-8-17)24-14-16-10-11-18(22)20(13-16)25-21(26)19-9-5-6-12-23-19/h2-13,15,24H,14H2,1H3,(H,25,26). The summed E-state index contributed by atoms with van der Waals surface area (Å²) in [5, 5.41) is 6.80. The number of carbonyl (C=O) groups excluding carboxylic acids is 1. The van der Waals surface area contributed by atoms with Crippen molar-refractivity contribution in [3.05, 3.63) is 94.8 Å². The molecule has 1 heterocycles.